The van der Waals surface area contributed by atoms with E-state index < -0.39 is 29.1 Å². The Bertz CT molecular complexity index is 1770. The number of nitrogens with zero attached hydrogens (tertiary/aromatic N) is 2. The minimum atomic E-state index is -1.13. The zero-order chi connectivity index (χ0) is 32.3. The number of hydrogen-bond acceptors (Lipinski definition) is 8. The third kappa shape index (κ3) is 4.41. The number of anilines is 1. The normalized spacial score (nSPS) is 28.8. The standard InChI is InChI=1S/C36H34N2O7S/c1-36-26(14-11-20-16-28(44-2)31(39)29(17-20)45-3)23-12-13-24-30(34(42)37(32(24)40)19-22-10-7-15-46-22)25(23)18-27(36)33(41)38(35(36)43)21-8-5-4-6-9-21/h4-12,14-17,24-27,30,39H,13,18-19H2,1-3H3/t24-,25+,26-,27-,30-,36-/m0/s1. The van der Waals surface area contributed by atoms with Crippen LogP contribution in [0.3, 0.4) is 0 Å². The Kier molecular flexibility index (Phi) is 7.35. The Labute approximate surface area is 270 Å². The molecule has 2 aliphatic carbocycles. The quantitative estimate of drug-likeness (QED) is 0.271. The summed E-state index contributed by atoms with van der Waals surface area (Å²) < 4.78 is 10.7. The van der Waals surface area contributed by atoms with E-state index in [-0.39, 0.29) is 53.3 Å². The van der Waals surface area contributed by atoms with Crippen LogP contribution in [-0.4, -0.2) is 47.9 Å². The SMILES string of the molecule is COc1cc(C=C[C@H]2C3=CC[C@@H]4C(=O)N(Cc5cccs5)C(=O)[C@@H]4[C@@H]3C[C@H]3C(=O)N(c4ccccc4)C(=O)[C@@]23C)cc(OC)c1O. The van der Waals surface area contributed by atoms with Gasteiger partial charge in [0, 0.05) is 10.8 Å². The summed E-state index contributed by atoms with van der Waals surface area (Å²) in [6.45, 7) is 2.08. The summed E-state index contributed by atoms with van der Waals surface area (Å²) in [5.74, 6) is -3.37. The van der Waals surface area contributed by atoms with Crippen molar-refractivity contribution in [3.05, 3.63) is 88.1 Å². The summed E-state index contributed by atoms with van der Waals surface area (Å²) in [5.41, 5.74) is 0.942. The van der Waals surface area contributed by atoms with Gasteiger partial charge >= 0.3 is 0 Å². The van der Waals surface area contributed by atoms with Gasteiger partial charge in [-0.05, 0) is 67.0 Å². The Morgan fingerprint density at radius 3 is 2.33 bits per heavy atom. The van der Waals surface area contributed by atoms with Crippen molar-refractivity contribution in [3.63, 3.8) is 0 Å². The van der Waals surface area contributed by atoms with E-state index in [9.17, 15) is 24.3 Å². The maximum atomic E-state index is 14.4. The molecule has 4 amide bonds. The number of amides is 4. The predicted octanol–water partition coefficient (Wildman–Crippen LogP) is 5.45. The molecule has 7 rings (SSSR count). The number of phenolic OH excluding ortho intramolecular Hbond substituents is 1. The molecule has 9 nitrogen and oxygen atoms in total. The van der Waals surface area contributed by atoms with Crippen molar-refractivity contribution in [2.24, 2.45) is 35.0 Å². The van der Waals surface area contributed by atoms with E-state index in [0.717, 1.165) is 10.5 Å². The van der Waals surface area contributed by atoms with E-state index in [1.54, 1.807) is 36.4 Å². The molecule has 1 saturated carbocycles. The van der Waals surface area contributed by atoms with Crippen LogP contribution in [0.4, 0.5) is 5.69 Å². The number of likely N-dealkylation sites (tertiary alicyclic amines) is 1. The van der Waals surface area contributed by atoms with Gasteiger partial charge < -0.3 is 14.6 Å². The van der Waals surface area contributed by atoms with Gasteiger partial charge in [0.1, 0.15) is 0 Å². The number of para-hydroxylation sites is 1. The number of benzene rings is 2. The lowest BCUT2D eigenvalue weighted by Gasteiger charge is -2.47. The maximum absolute atomic E-state index is 14.4. The maximum Gasteiger partial charge on any atom is 0.241 e. The number of imide groups is 2. The lowest BCUT2D eigenvalue weighted by atomic mass is 9.52. The van der Waals surface area contributed by atoms with Gasteiger partial charge in [-0.1, -0.05) is 48.1 Å². The Morgan fingerprint density at radius 2 is 1.67 bits per heavy atom. The third-order valence-corrected chi connectivity index (χ3v) is 11.2. The fourth-order valence-corrected chi connectivity index (χ4v) is 8.73. The number of allylic oxidation sites excluding steroid dienone is 3. The number of thiophene rings is 1. The summed E-state index contributed by atoms with van der Waals surface area (Å²) in [6, 6.07) is 16.1. The molecule has 236 valence electrons. The summed E-state index contributed by atoms with van der Waals surface area (Å²) in [5, 5.41) is 12.4. The number of methoxy groups -OCH3 is 2. The van der Waals surface area contributed by atoms with Gasteiger partial charge in [-0.2, -0.15) is 0 Å². The number of rotatable bonds is 7. The molecule has 10 heteroatoms. The second kappa shape index (κ2) is 11.3. The molecule has 3 fully saturated rings. The van der Waals surface area contributed by atoms with Crippen molar-refractivity contribution in [1.29, 1.82) is 0 Å². The molecule has 1 N–H and O–H groups in total. The molecule has 0 unspecified atom stereocenters. The average molecular weight is 639 g/mol. The van der Waals surface area contributed by atoms with Gasteiger partial charge in [0.05, 0.1) is 49.6 Å². The van der Waals surface area contributed by atoms with Crippen LogP contribution in [0.15, 0.2) is 77.7 Å². The zero-order valence-electron chi connectivity index (χ0n) is 25.7. The van der Waals surface area contributed by atoms with Gasteiger partial charge in [-0.3, -0.25) is 24.1 Å². The van der Waals surface area contributed by atoms with Crippen LogP contribution in [0.1, 0.15) is 30.2 Å². The molecule has 0 radical (unpaired) electrons. The first-order valence-corrected chi connectivity index (χ1v) is 16.2. The predicted molar refractivity (Wildman–Crippen MR) is 172 cm³/mol. The van der Waals surface area contributed by atoms with Crippen molar-refractivity contribution >= 4 is 46.7 Å². The minimum Gasteiger partial charge on any atom is -0.502 e. The minimum absolute atomic E-state index is 0.125. The summed E-state index contributed by atoms with van der Waals surface area (Å²) in [6.07, 6.45) is 6.47. The van der Waals surface area contributed by atoms with Gasteiger partial charge in [-0.25, -0.2) is 4.90 Å². The first-order chi connectivity index (χ1) is 22.2. The highest BCUT2D eigenvalue weighted by molar-refractivity contribution is 7.09. The number of carbonyl (C=O) groups excluding carboxylic acids is 4. The van der Waals surface area contributed by atoms with E-state index in [0.29, 0.717) is 24.1 Å². The first kappa shape index (κ1) is 30.0. The zero-order valence-corrected chi connectivity index (χ0v) is 26.5. The van der Waals surface area contributed by atoms with Gasteiger partial charge in [0.15, 0.2) is 11.5 Å². The van der Waals surface area contributed by atoms with E-state index in [4.69, 9.17) is 9.47 Å². The topological polar surface area (TPSA) is 113 Å². The van der Waals surface area contributed by atoms with Crippen LogP contribution < -0.4 is 14.4 Å². The molecule has 6 atom stereocenters. The fraction of sp³-hybridized carbons (Fsp3) is 0.333. The monoisotopic (exact) mass is 638 g/mol. The molecular formula is C36H34N2O7S. The van der Waals surface area contributed by atoms with E-state index in [2.05, 4.69) is 0 Å². The molecule has 0 bridgehead atoms. The second-order valence-corrected chi connectivity index (χ2v) is 13.5. The molecule has 4 aliphatic rings. The molecule has 0 spiro atoms. The summed E-state index contributed by atoms with van der Waals surface area (Å²) in [4.78, 5) is 59.9. The van der Waals surface area contributed by atoms with Crippen LogP contribution in [-0.2, 0) is 25.7 Å². The second-order valence-electron chi connectivity index (χ2n) is 12.5. The first-order valence-electron chi connectivity index (χ1n) is 15.3. The van der Waals surface area contributed by atoms with Crippen LogP contribution in [0.2, 0.25) is 0 Å². The van der Waals surface area contributed by atoms with Crippen molar-refractivity contribution in [3.8, 4) is 17.2 Å². The summed E-state index contributed by atoms with van der Waals surface area (Å²) in [7, 11) is 2.90. The molecule has 2 aromatic carbocycles. The summed E-state index contributed by atoms with van der Waals surface area (Å²) >= 11 is 1.50. The highest BCUT2D eigenvalue weighted by Crippen LogP contribution is 2.61. The van der Waals surface area contributed by atoms with Crippen LogP contribution in [0.5, 0.6) is 17.2 Å². The van der Waals surface area contributed by atoms with Crippen molar-refractivity contribution in [2.45, 2.75) is 26.3 Å². The highest BCUT2D eigenvalue weighted by Gasteiger charge is 2.66. The Balaban J connectivity index is 1.32. The fourth-order valence-electron chi connectivity index (χ4n) is 8.04. The van der Waals surface area contributed by atoms with Crippen molar-refractivity contribution < 1.29 is 33.8 Å². The molecule has 3 heterocycles. The van der Waals surface area contributed by atoms with E-state index in [1.165, 1.54) is 35.4 Å². The molecular weight excluding hydrogens is 604 g/mol. The molecule has 2 saturated heterocycles. The molecule has 1 aromatic heterocycles. The third-order valence-electron chi connectivity index (χ3n) is 10.3. The van der Waals surface area contributed by atoms with E-state index in [1.807, 2.05) is 48.7 Å². The lowest BCUT2D eigenvalue weighted by Crippen LogP contribution is -2.49. The van der Waals surface area contributed by atoms with Crippen LogP contribution in [0.25, 0.3) is 6.08 Å². The highest BCUT2D eigenvalue weighted by atomic mass is 32.1. The number of hydrogen-bond donors (Lipinski definition) is 1. The molecule has 2 aliphatic heterocycles. The van der Waals surface area contributed by atoms with Gasteiger partial charge in [0.25, 0.3) is 0 Å². The lowest BCUT2D eigenvalue weighted by molar-refractivity contribution is -0.141. The number of carbonyl (C=O) groups is 4. The number of fused-ring (bicyclic) bond motifs is 4. The average Bonchev–Trinajstić information content (AvgIpc) is 3.72. The smallest absolute Gasteiger partial charge is 0.241 e. The largest absolute Gasteiger partial charge is 0.502 e. The Hall–Kier alpha value is -4.70. The number of aromatic hydroxyl groups is 1. The Morgan fingerprint density at radius 1 is 0.957 bits per heavy atom. The molecule has 3 aromatic rings. The molecule has 46 heavy (non-hydrogen) atoms. The van der Waals surface area contributed by atoms with E-state index >= 15 is 0 Å². The van der Waals surface area contributed by atoms with Crippen LogP contribution >= 0.6 is 11.3 Å². The van der Waals surface area contributed by atoms with Crippen LogP contribution in [0, 0.1) is 35.0 Å². The number of phenols is 1. The van der Waals surface area contributed by atoms with Gasteiger partial charge in [-0.15, -0.1) is 11.3 Å². The van der Waals surface area contributed by atoms with Crippen molar-refractivity contribution in [1.82, 2.24) is 4.90 Å². The van der Waals surface area contributed by atoms with Gasteiger partial charge in [0.2, 0.25) is 29.4 Å². The number of ether oxygens (including phenoxy) is 2. The van der Waals surface area contributed by atoms with Crippen molar-refractivity contribution in [2.75, 3.05) is 19.1 Å².